The van der Waals surface area contributed by atoms with Crippen LogP contribution in [0.4, 0.5) is 4.39 Å². The van der Waals surface area contributed by atoms with Crippen molar-refractivity contribution in [2.45, 2.75) is 32.7 Å². The minimum absolute atomic E-state index is 0.0131. The Labute approximate surface area is 123 Å². The number of carbonyl (C=O) groups excluding carboxylic acids is 1. The van der Waals surface area contributed by atoms with Crippen molar-refractivity contribution in [3.8, 4) is 5.75 Å². The molecule has 0 aliphatic rings. The normalized spacial score (nSPS) is 12.0. The summed E-state index contributed by atoms with van der Waals surface area (Å²) in [7, 11) is 0. The lowest BCUT2D eigenvalue weighted by Gasteiger charge is -2.16. The largest absolute Gasteiger partial charge is 0.490 e. The number of amides is 1. The average molecular weight is 297 g/mol. The first-order valence-electron chi connectivity index (χ1n) is 6.79. The number of benzene rings is 1. The van der Waals surface area contributed by atoms with Crippen LogP contribution in [0.3, 0.4) is 0 Å². The Kier molecular flexibility index (Phi) is 6.65. The second-order valence-corrected chi connectivity index (χ2v) is 5.12. The zero-order valence-corrected chi connectivity index (χ0v) is 12.1. The quantitative estimate of drug-likeness (QED) is 0.771. The number of halogens is 1. The van der Waals surface area contributed by atoms with Crippen molar-refractivity contribution in [1.82, 2.24) is 5.32 Å². The molecule has 1 rings (SSSR count). The molecule has 0 heterocycles. The van der Waals surface area contributed by atoms with E-state index in [4.69, 9.17) is 9.84 Å². The van der Waals surface area contributed by atoms with Crippen molar-refractivity contribution in [3.05, 3.63) is 30.1 Å². The molecule has 0 aromatic heterocycles. The first kappa shape index (κ1) is 16.9. The summed E-state index contributed by atoms with van der Waals surface area (Å²) in [6.07, 6.45) is 0.325. The maximum absolute atomic E-state index is 13.3. The molecule has 0 spiro atoms. The predicted octanol–water partition coefficient (Wildman–Crippen LogP) is 2.21. The summed E-state index contributed by atoms with van der Waals surface area (Å²) in [5.41, 5.74) is 0. The Morgan fingerprint density at radius 2 is 2.00 bits per heavy atom. The van der Waals surface area contributed by atoms with E-state index < -0.39 is 23.7 Å². The van der Waals surface area contributed by atoms with E-state index in [2.05, 4.69) is 5.32 Å². The predicted molar refractivity (Wildman–Crippen MR) is 75.5 cm³/mol. The smallest absolute Gasteiger partial charge is 0.326 e. The summed E-state index contributed by atoms with van der Waals surface area (Å²) < 4.78 is 18.4. The molecule has 1 atom stereocenters. The summed E-state index contributed by atoms with van der Waals surface area (Å²) in [5.74, 6) is -1.77. The van der Waals surface area contributed by atoms with E-state index in [1.807, 2.05) is 13.8 Å². The SMILES string of the molecule is CC(C)C[C@@H](NC(=O)CCOc1ccccc1F)C(=O)O. The molecule has 0 saturated carbocycles. The second kappa shape index (κ2) is 8.24. The second-order valence-electron chi connectivity index (χ2n) is 5.12. The van der Waals surface area contributed by atoms with Gasteiger partial charge in [0, 0.05) is 0 Å². The number of rotatable bonds is 8. The van der Waals surface area contributed by atoms with Gasteiger partial charge in [0.05, 0.1) is 13.0 Å². The van der Waals surface area contributed by atoms with E-state index in [0.717, 1.165) is 0 Å². The molecule has 0 aliphatic carbocycles. The van der Waals surface area contributed by atoms with E-state index in [1.165, 1.54) is 18.2 Å². The van der Waals surface area contributed by atoms with Gasteiger partial charge in [0.15, 0.2) is 11.6 Å². The lowest BCUT2D eigenvalue weighted by Crippen LogP contribution is -2.42. The lowest BCUT2D eigenvalue weighted by atomic mass is 10.0. The Hall–Kier alpha value is -2.11. The molecule has 0 radical (unpaired) electrons. The minimum Gasteiger partial charge on any atom is -0.490 e. The zero-order valence-electron chi connectivity index (χ0n) is 12.1. The molecule has 1 amide bonds. The van der Waals surface area contributed by atoms with Crippen molar-refractivity contribution in [2.24, 2.45) is 5.92 Å². The summed E-state index contributed by atoms with van der Waals surface area (Å²) in [4.78, 5) is 22.7. The number of carbonyl (C=O) groups is 2. The standard InChI is InChI=1S/C15H20FNO4/c1-10(2)9-12(15(19)20)17-14(18)7-8-21-13-6-4-3-5-11(13)16/h3-6,10,12H,7-9H2,1-2H3,(H,17,18)(H,19,20)/t12-/m1/s1. The zero-order chi connectivity index (χ0) is 15.8. The van der Waals surface area contributed by atoms with Crippen LogP contribution in [0.2, 0.25) is 0 Å². The Bertz CT molecular complexity index is 490. The van der Waals surface area contributed by atoms with Gasteiger partial charge in [0.2, 0.25) is 5.91 Å². The van der Waals surface area contributed by atoms with Crippen molar-refractivity contribution >= 4 is 11.9 Å². The molecule has 0 saturated heterocycles. The number of hydrogen-bond donors (Lipinski definition) is 2. The maximum atomic E-state index is 13.3. The van der Waals surface area contributed by atoms with Gasteiger partial charge < -0.3 is 15.2 Å². The van der Waals surface area contributed by atoms with E-state index in [-0.39, 0.29) is 24.7 Å². The fraction of sp³-hybridized carbons (Fsp3) is 0.467. The third-order valence-electron chi connectivity index (χ3n) is 2.76. The van der Waals surface area contributed by atoms with Gasteiger partial charge in [-0.05, 0) is 24.5 Å². The minimum atomic E-state index is -1.06. The summed E-state index contributed by atoms with van der Waals surface area (Å²) >= 11 is 0. The molecule has 21 heavy (non-hydrogen) atoms. The van der Waals surface area contributed by atoms with Crippen LogP contribution in [0, 0.1) is 11.7 Å². The Morgan fingerprint density at radius 1 is 1.33 bits per heavy atom. The third kappa shape index (κ3) is 6.25. The topological polar surface area (TPSA) is 75.6 Å². The van der Waals surface area contributed by atoms with Gasteiger partial charge >= 0.3 is 5.97 Å². The van der Waals surface area contributed by atoms with E-state index in [1.54, 1.807) is 6.07 Å². The molecule has 6 heteroatoms. The highest BCUT2D eigenvalue weighted by Crippen LogP contribution is 2.15. The molecule has 2 N–H and O–H groups in total. The Morgan fingerprint density at radius 3 is 2.57 bits per heavy atom. The van der Waals surface area contributed by atoms with E-state index in [9.17, 15) is 14.0 Å². The average Bonchev–Trinajstić information content (AvgIpc) is 2.39. The van der Waals surface area contributed by atoms with Crippen LogP contribution in [0.25, 0.3) is 0 Å². The Balaban J connectivity index is 2.39. The number of para-hydroxylation sites is 1. The molecular weight excluding hydrogens is 277 g/mol. The fourth-order valence-corrected chi connectivity index (χ4v) is 1.77. The van der Waals surface area contributed by atoms with Gasteiger partial charge in [0.25, 0.3) is 0 Å². The van der Waals surface area contributed by atoms with Gasteiger partial charge in [0.1, 0.15) is 6.04 Å². The fourth-order valence-electron chi connectivity index (χ4n) is 1.77. The molecule has 1 aromatic rings. The first-order valence-corrected chi connectivity index (χ1v) is 6.79. The molecule has 0 unspecified atom stereocenters. The molecule has 0 fully saturated rings. The van der Waals surface area contributed by atoms with Gasteiger partial charge in [-0.1, -0.05) is 26.0 Å². The van der Waals surface area contributed by atoms with E-state index >= 15 is 0 Å². The van der Waals surface area contributed by atoms with Crippen LogP contribution in [-0.4, -0.2) is 29.6 Å². The lowest BCUT2D eigenvalue weighted by molar-refractivity contribution is -0.142. The van der Waals surface area contributed by atoms with E-state index in [0.29, 0.717) is 6.42 Å². The molecule has 116 valence electrons. The monoisotopic (exact) mass is 297 g/mol. The number of ether oxygens (including phenoxy) is 1. The van der Waals surface area contributed by atoms with Crippen LogP contribution < -0.4 is 10.1 Å². The van der Waals surface area contributed by atoms with Crippen molar-refractivity contribution in [2.75, 3.05) is 6.61 Å². The van der Waals surface area contributed by atoms with Crippen molar-refractivity contribution in [3.63, 3.8) is 0 Å². The van der Waals surface area contributed by atoms with Gasteiger partial charge in [-0.15, -0.1) is 0 Å². The number of nitrogens with one attached hydrogen (secondary N) is 1. The van der Waals surface area contributed by atoms with Crippen LogP contribution in [0.1, 0.15) is 26.7 Å². The highest BCUT2D eigenvalue weighted by molar-refractivity contribution is 5.83. The van der Waals surface area contributed by atoms with Crippen molar-refractivity contribution < 1.29 is 23.8 Å². The van der Waals surface area contributed by atoms with Crippen LogP contribution in [0.15, 0.2) is 24.3 Å². The third-order valence-corrected chi connectivity index (χ3v) is 2.76. The molecule has 0 aliphatic heterocycles. The highest BCUT2D eigenvalue weighted by Gasteiger charge is 2.20. The number of carboxylic acid groups (broad SMARTS) is 1. The van der Waals surface area contributed by atoms with Crippen molar-refractivity contribution in [1.29, 1.82) is 0 Å². The van der Waals surface area contributed by atoms with Gasteiger partial charge in [-0.2, -0.15) is 0 Å². The number of aliphatic carboxylic acids is 1. The number of carboxylic acids is 1. The number of hydrogen-bond acceptors (Lipinski definition) is 3. The van der Waals surface area contributed by atoms with Crippen LogP contribution >= 0.6 is 0 Å². The molecule has 5 nitrogen and oxygen atoms in total. The van der Waals surface area contributed by atoms with Gasteiger partial charge in [-0.25, -0.2) is 9.18 Å². The summed E-state index contributed by atoms with van der Waals surface area (Å²) in [5, 5.41) is 11.5. The first-order chi connectivity index (χ1) is 9.90. The van der Waals surface area contributed by atoms with Crippen LogP contribution in [0.5, 0.6) is 5.75 Å². The summed E-state index contributed by atoms with van der Waals surface area (Å²) in [6.45, 7) is 3.74. The van der Waals surface area contributed by atoms with Gasteiger partial charge in [-0.3, -0.25) is 4.79 Å². The highest BCUT2D eigenvalue weighted by atomic mass is 19.1. The molecule has 0 bridgehead atoms. The molecule has 1 aromatic carbocycles. The van der Waals surface area contributed by atoms with Crippen LogP contribution in [-0.2, 0) is 9.59 Å². The molecular formula is C15H20FNO4. The summed E-state index contributed by atoms with van der Waals surface area (Å²) in [6, 6.07) is 4.98. The maximum Gasteiger partial charge on any atom is 0.326 e.